The summed E-state index contributed by atoms with van der Waals surface area (Å²) >= 11 is 16.3. The number of amides is 2. The Kier molecular flexibility index (Phi) is 5.47. The van der Waals surface area contributed by atoms with Crippen molar-refractivity contribution in [2.24, 2.45) is 5.92 Å². The van der Waals surface area contributed by atoms with Gasteiger partial charge in [-0.2, -0.15) is 0 Å². The third-order valence-corrected chi connectivity index (χ3v) is 2.68. The Balaban J connectivity index is 2.78. The predicted molar refractivity (Wildman–Crippen MR) is 78.8 cm³/mol. The molecular weight excluding hydrogens is 311 g/mol. The fraction of sp³-hybridized carbons (Fsp3) is 0.333. The number of benzene rings is 1. The lowest BCUT2D eigenvalue weighted by Gasteiger charge is -2.13. The van der Waals surface area contributed by atoms with Gasteiger partial charge in [0.25, 0.3) is 9.70 Å². The van der Waals surface area contributed by atoms with Gasteiger partial charge in [0.1, 0.15) is 0 Å². The quantitative estimate of drug-likeness (QED) is 0.835. The van der Waals surface area contributed by atoms with Crippen LogP contribution >= 0.6 is 34.8 Å². The Hall–Kier alpha value is -0.970. The zero-order valence-electron chi connectivity index (χ0n) is 10.3. The highest BCUT2D eigenvalue weighted by molar-refractivity contribution is 6.76. The number of hydrogen-bond donors (Lipinski definition) is 2. The van der Waals surface area contributed by atoms with Crippen molar-refractivity contribution >= 4 is 58.0 Å². The van der Waals surface area contributed by atoms with Gasteiger partial charge >= 0.3 is 0 Å². The van der Waals surface area contributed by atoms with Crippen molar-refractivity contribution < 1.29 is 9.59 Å². The van der Waals surface area contributed by atoms with E-state index in [0.717, 1.165) is 0 Å². The number of carbonyl (C=O) groups is 2. The number of anilines is 2. The number of alkyl halides is 3. The first kappa shape index (κ1) is 16.1. The van der Waals surface area contributed by atoms with Crippen molar-refractivity contribution in [2.75, 3.05) is 10.6 Å². The molecule has 4 nitrogen and oxygen atoms in total. The number of carbonyl (C=O) groups excluding carboxylic acids is 2. The Morgan fingerprint density at radius 3 is 2.11 bits per heavy atom. The summed E-state index contributed by atoms with van der Waals surface area (Å²) in [7, 11) is 0. The molecule has 2 amide bonds. The molecular formula is C12H13Cl3N2O2. The van der Waals surface area contributed by atoms with Crippen LogP contribution in [0.15, 0.2) is 24.3 Å². The molecule has 0 aliphatic rings. The van der Waals surface area contributed by atoms with Crippen LogP contribution in [0.5, 0.6) is 0 Å². The van der Waals surface area contributed by atoms with Crippen molar-refractivity contribution in [1.82, 2.24) is 0 Å². The van der Waals surface area contributed by atoms with E-state index in [4.69, 9.17) is 34.8 Å². The first-order valence-electron chi connectivity index (χ1n) is 5.49. The molecule has 0 unspecified atom stereocenters. The van der Waals surface area contributed by atoms with E-state index in [2.05, 4.69) is 10.6 Å². The standard InChI is InChI=1S/C12H13Cl3N2O2/c1-7(2)10(18)16-8-4-3-5-9(6-8)17-11(19)12(13,14)15/h3-7H,1-2H3,(H,16,18)(H,17,19). The van der Waals surface area contributed by atoms with E-state index in [9.17, 15) is 9.59 Å². The molecule has 104 valence electrons. The van der Waals surface area contributed by atoms with Crippen LogP contribution in [-0.2, 0) is 9.59 Å². The minimum atomic E-state index is -2.03. The molecule has 0 radical (unpaired) electrons. The van der Waals surface area contributed by atoms with Crippen LogP contribution in [0.2, 0.25) is 0 Å². The molecule has 0 saturated carbocycles. The van der Waals surface area contributed by atoms with E-state index in [1.165, 1.54) is 0 Å². The van der Waals surface area contributed by atoms with E-state index in [0.29, 0.717) is 11.4 Å². The average Bonchev–Trinajstić information content (AvgIpc) is 2.27. The smallest absolute Gasteiger partial charge is 0.276 e. The maximum absolute atomic E-state index is 11.5. The van der Waals surface area contributed by atoms with Gasteiger partial charge in [-0.15, -0.1) is 0 Å². The molecule has 0 atom stereocenters. The molecule has 0 aromatic heterocycles. The Morgan fingerprint density at radius 2 is 1.63 bits per heavy atom. The number of halogens is 3. The van der Waals surface area contributed by atoms with Crippen LogP contribution < -0.4 is 10.6 Å². The fourth-order valence-corrected chi connectivity index (χ4v) is 1.31. The van der Waals surface area contributed by atoms with Gasteiger partial charge in [-0.25, -0.2) is 0 Å². The third-order valence-electron chi connectivity index (χ3n) is 2.17. The number of rotatable bonds is 3. The van der Waals surface area contributed by atoms with Gasteiger partial charge in [0.2, 0.25) is 5.91 Å². The summed E-state index contributed by atoms with van der Waals surface area (Å²) in [5, 5.41) is 5.14. The summed E-state index contributed by atoms with van der Waals surface area (Å²) in [6, 6.07) is 6.57. The first-order chi connectivity index (χ1) is 8.70. The predicted octanol–water partition coefficient (Wildman–Crippen LogP) is 3.59. The first-order valence-corrected chi connectivity index (χ1v) is 6.62. The third kappa shape index (κ3) is 5.27. The van der Waals surface area contributed by atoms with Gasteiger partial charge in [-0.1, -0.05) is 54.7 Å². The van der Waals surface area contributed by atoms with Crippen molar-refractivity contribution in [3.8, 4) is 0 Å². The summed E-state index contributed by atoms with van der Waals surface area (Å²) in [5.74, 6) is -1.02. The zero-order chi connectivity index (χ0) is 14.6. The molecule has 0 bridgehead atoms. The van der Waals surface area contributed by atoms with Crippen molar-refractivity contribution in [3.05, 3.63) is 24.3 Å². The van der Waals surface area contributed by atoms with E-state index >= 15 is 0 Å². The molecule has 7 heteroatoms. The maximum Gasteiger partial charge on any atom is 0.276 e. The highest BCUT2D eigenvalue weighted by atomic mass is 35.6. The summed E-state index contributed by atoms with van der Waals surface area (Å²) in [4.78, 5) is 23.0. The van der Waals surface area contributed by atoms with Gasteiger partial charge in [0.05, 0.1) is 0 Å². The monoisotopic (exact) mass is 322 g/mol. The highest BCUT2D eigenvalue weighted by Crippen LogP contribution is 2.28. The van der Waals surface area contributed by atoms with Crippen LogP contribution in [0.25, 0.3) is 0 Å². The SMILES string of the molecule is CC(C)C(=O)Nc1cccc(NC(=O)C(Cl)(Cl)Cl)c1. The number of hydrogen-bond acceptors (Lipinski definition) is 2. The van der Waals surface area contributed by atoms with Gasteiger partial charge in [0, 0.05) is 17.3 Å². The molecule has 19 heavy (non-hydrogen) atoms. The van der Waals surface area contributed by atoms with Gasteiger partial charge in [-0.3, -0.25) is 9.59 Å². The lowest BCUT2D eigenvalue weighted by molar-refractivity contribution is -0.119. The Bertz CT molecular complexity index is 484. The Labute approximate surface area is 126 Å². The summed E-state index contributed by atoms with van der Waals surface area (Å²) in [6.45, 7) is 3.56. The second-order valence-electron chi connectivity index (χ2n) is 4.18. The van der Waals surface area contributed by atoms with Gasteiger partial charge in [-0.05, 0) is 18.2 Å². The van der Waals surface area contributed by atoms with Crippen LogP contribution in [0.1, 0.15) is 13.8 Å². The van der Waals surface area contributed by atoms with Crippen LogP contribution in [0, 0.1) is 5.92 Å². The number of nitrogens with one attached hydrogen (secondary N) is 2. The average molecular weight is 324 g/mol. The van der Waals surface area contributed by atoms with Crippen molar-refractivity contribution in [3.63, 3.8) is 0 Å². The van der Waals surface area contributed by atoms with Gasteiger partial charge < -0.3 is 10.6 Å². The zero-order valence-corrected chi connectivity index (χ0v) is 12.6. The molecule has 1 aromatic carbocycles. The molecule has 0 fully saturated rings. The topological polar surface area (TPSA) is 58.2 Å². The molecule has 0 spiro atoms. The highest BCUT2D eigenvalue weighted by Gasteiger charge is 2.30. The maximum atomic E-state index is 11.5. The van der Waals surface area contributed by atoms with Crippen molar-refractivity contribution in [1.29, 1.82) is 0 Å². The van der Waals surface area contributed by atoms with E-state index < -0.39 is 9.70 Å². The van der Waals surface area contributed by atoms with E-state index in [1.807, 2.05) is 0 Å². The van der Waals surface area contributed by atoms with E-state index in [-0.39, 0.29) is 11.8 Å². The summed E-state index contributed by atoms with van der Waals surface area (Å²) < 4.78 is -2.03. The van der Waals surface area contributed by atoms with Crippen molar-refractivity contribution in [2.45, 2.75) is 17.6 Å². The molecule has 0 aliphatic carbocycles. The van der Waals surface area contributed by atoms with Crippen LogP contribution in [0.3, 0.4) is 0 Å². The lowest BCUT2D eigenvalue weighted by Crippen LogP contribution is -2.27. The largest absolute Gasteiger partial charge is 0.326 e. The van der Waals surface area contributed by atoms with E-state index in [1.54, 1.807) is 38.1 Å². The molecule has 0 saturated heterocycles. The summed E-state index contributed by atoms with van der Waals surface area (Å²) in [6.07, 6.45) is 0. The summed E-state index contributed by atoms with van der Waals surface area (Å²) in [5.41, 5.74) is 0.985. The molecule has 1 rings (SSSR count). The molecule has 2 N–H and O–H groups in total. The van der Waals surface area contributed by atoms with Gasteiger partial charge in [0.15, 0.2) is 0 Å². The minimum Gasteiger partial charge on any atom is -0.326 e. The normalized spacial score (nSPS) is 11.3. The Morgan fingerprint density at radius 1 is 1.11 bits per heavy atom. The lowest BCUT2D eigenvalue weighted by atomic mass is 10.2. The van der Waals surface area contributed by atoms with Crippen LogP contribution in [-0.4, -0.2) is 15.6 Å². The fourth-order valence-electron chi connectivity index (χ4n) is 1.16. The van der Waals surface area contributed by atoms with Crippen LogP contribution in [0.4, 0.5) is 11.4 Å². The molecule has 0 heterocycles. The molecule has 1 aromatic rings. The molecule has 0 aliphatic heterocycles. The second-order valence-corrected chi connectivity index (χ2v) is 6.46. The second kappa shape index (κ2) is 6.46. The minimum absolute atomic E-state index is 0.121.